The fourth-order valence-corrected chi connectivity index (χ4v) is 1.08. The van der Waals surface area contributed by atoms with Crippen molar-refractivity contribution in [3.05, 3.63) is 31.4 Å². The summed E-state index contributed by atoms with van der Waals surface area (Å²) >= 11 is 0. The average molecular weight is 165 g/mol. The largest absolute Gasteiger partial charge is 0.483 e. The highest BCUT2D eigenvalue weighted by atomic mass is 16.7. The van der Waals surface area contributed by atoms with Gasteiger partial charge in [-0.3, -0.25) is 0 Å². The van der Waals surface area contributed by atoms with E-state index in [1.54, 1.807) is 0 Å². The van der Waals surface area contributed by atoms with Crippen LogP contribution in [-0.4, -0.2) is 12.9 Å². The van der Waals surface area contributed by atoms with E-state index >= 15 is 0 Å². The molecule has 1 unspecified atom stereocenters. The molecule has 0 N–H and O–H groups in total. The Kier molecular flexibility index (Phi) is 1.87. The van der Waals surface area contributed by atoms with Crippen molar-refractivity contribution < 1.29 is 14.2 Å². The molecule has 2 rings (SSSR count). The monoisotopic (exact) mass is 165 g/mol. The second kappa shape index (κ2) is 3.03. The van der Waals surface area contributed by atoms with Crippen LogP contribution in [-0.2, 0) is 4.74 Å². The maximum absolute atomic E-state index is 5.37. The van der Waals surface area contributed by atoms with Gasteiger partial charge in [-0.05, 0) is 12.1 Å². The van der Waals surface area contributed by atoms with E-state index in [9.17, 15) is 0 Å². The summed E-state index contributed by atoms with van der Waals surface area (Å²) in [6, 6.07) is 7.47. The van der Waals surface area contributed by atoms with E-state index < -0.39 is 0 Å². The third-order valence-corrected chi connectivity index (χ3v) is 1.67. The molecule has 0 aliphatic carbocycles. The molecule has 1 aromatic rings. The number of ether oxygens (including phenoxy) is 3. The molecule has 3 nitrogen and oxygen atoms in total. The lowest BCUT2D eigenvalue weighted by atomic mass is 10.3. The molecular weight excluding hydrogens is 156 g/mol. The van der Waals surface area contributed by atoms with Crippen LogP contribution in [0.1, 0.15) is 0 Å². The summed E-state index contributed by atoms with van der Waals surface area (Å²) in [6.45, 7) is 0.389. The molecule has 0 fully saturated rings. The van der Waals surface area contributed by atoms with Gasteiger partial charge in [0.05, 0.1) is 7.11 Å². The van der Waals surface area contributed by atoms with E-state index in [4.69, 9.17) is 14.2 Å². The molecular formula is C9H9O3. The van der Waals surface area contributed by atoms with E-state index in [0.717, 1.165) is 5.75 Å². The zero-order valence-corrected chi connectivity index (χ0v) is 6.53. The van der Waals surface area contributed by atoms with Crippen LogP contribution in [0.3, 0.4) is 0 Å². The van der Waals surface area contributed by atoms with Gasteiger partial charge in [-0.25, -0.2) is 0 Å². The average Bonchev–Trinajstić information content (AvgIpc) is 2.17. The van der Waals surface area contributed by atoms with Crippen molar-refractivity contribution in [3.8, 4) is 11.5 Å². The molecule has 0 amide bonds. The minimum Gasteiger partial charge on any atom is -0.483 e. The summed E-state index contributed by atoms with van der Waals surface area (Å²) in [5.74, 6) is 1.46. The van der Waals surface area contributed by atoms with Crippen molar-refractivity contribution in [3.63, 3.8) is 0 Å². The molecule has 0 bridgehead atoms. The van der Waals surface area contributed by atoms with Gasteiger partial charge in [-0.15, -0.1) is 0 Å². The number of hydrogen-bond acceptors (Lipinski definition) is 3. The van der Waals surface area contributed by atoms with Gasteiger partial charge in [-0.1, -0.05) is 12.1 Å². The molecule has 1 aliphatic rings. The SMILES string of the molecule is [CH2]OC1COc2ccccc2O1. The summed E-state index contributed by atoms with van der Waals surface area (Å²) in [4.78, 5) is 0. The lowest BCUT2D eigenvalue weighted by Crippen LogP contribution is -2.29. The van der Waals surface area contributed by atoms with E-state index in [-0.39, 0.29) is 6.29 Å². The molecule has 0 aromatic heterocycles. The second-order valence-corrected chi connectivity index (χ2v) is 2.47. The van der Waals surface area contributed by atoms with Crippen LogP contribution >= 0.6 is 0 Å². The highest BCUT2D eigenvalue weighted by molar-refractivity contribution is 5.40. The van der Waals surface area contributed by atoms with Crippen LogP contribution in [0.4, 0.5) is 0 Å². The molecule has 63 valence electrons. The number of benzene rings is 1. The first kappa shape index (κ1) is 7.43. The van der Waals surface area contributed by atoms with Gasteiger partial charge in [0.25, 0.3) is 0 Å². The number of rotatable bonds is 1. The van der Waals surface area contributed by atoms with Crippen LogP contribution in [0, 0.1) is 7.11 Å². The summed E-state index contributed by atoms with van der Waals surface area (Å²) in [7, 11) is 3.28. The normalized spacial score (nSPS) is 20.6. The summed E-state index contributed by atoms with van der Waals surface area (Å²) < 4.78 is 15.5. The van der Waals surface area contributed by atoms with Gasteiger partial charge < -0.3 is 14.2 Å². The van der Waals surface area contributed by atoms with Crippen LogP contribution < -0.4 is 9.47 Å². The minimum atomic E-state index is -0.389. The molecule has 1 aromatic carbocycles. The molecule has 0 spiro atoms. The van der Waals surface area contributed by atoms with E-state index in [1.807, 2.05) is 24.3 Å². The number of hydrogen-bond donors (Lipinski definition) is 0. The van der Waals surface area contributed by atoms with Gasteiger partial charge in [0, 0.05) is 0 Å². The van der Waals surface area contributed by atoms with Gasteiger partial charge in [0.15, 0.2) is 18.1 Å². The Hall–Kier alpha value is -1.22. The first-order valence-corrected chi connectivity index (χ1v) is 3.69. The first-order chi connectivity index (χ1) is 5.90. The lowest BCUT2D eigenvalue weighted by molar-refractivity contribution is -0.0785. The standard InChI is InChI=1S/C9H9O3/c1-10-9-6-11-7-4-2-3-5-8(7)12-9/h2-5,9H,1,6H2. The van der Waals surface area contributed by atoms with E-state index in [2.05, 4.69) is 7.11 Å². The van der Waals surface area contributed by atoms with Gasteiger partial charge in [0.1, 0.15) is 0 Å². The van der Waals surface area contributed by atoms with E-state index in [0.29, 0.717) is 12.4 Å². The Labute approximate surface area is 70.9 Å². The van der Waals surface area contributed by atoms with Crippen molar-refractivity contribution in [2.45, 2.75) is 6.29 Å². The van der Waals surface area contributed by atoms with Crippen LogP contribution in [0.5, 0.6) is 11.5 Å². The predicted molar refractivity (Wildman–Crippen MR) is 42.8 cm³/mol. The molecule has 0 saturated carbocycles. The zero-order valence-electron chi connectivity index (χ0n) is 6.53. The first-order valence-electron chi connectivity index (χ1n) is 3.69. The van der Waals surface area contributed by atoms with Crippen molar-refractivity contribution in [1.29, 1.82) is 0 Å². The number of para-hydroxylation sites is 2. The van der Waals surface area contributed by atoms with Gasteiger partial charge in [0.2, 0.25) is 6.29 Å². The third-order valence-electron chi connectivity index (χ3n) is 1.67. The highest BCUT2D eigenvalue weighted by Crippen LogP contribution is 2.30. The topological polar surface area (TPSA) is 27.7 Å². The van der Waals surface area contributed by atoms with Crippen molar-refractivity contribution in [2.24, 2.45) is 0 Å². The second-order valence-electron chi connectivity index (χ2n) is 2.47. The minimum absolute atomic E-state index is 0.389. The Balaban J connectivity index is 2.23. The quantitative estimate of drug-likeness (QED) is 0.632. The molecule has 1 atom stereocenters. The van der Waals surface area contributed by atoms with Crippen LogP contribution in [0.15, 0.2) is 24.3 Å². The Morgan fingerprint density at radius 1 is 1.33 bits per heavy atom. The van der Waals surface area contributed by atoms with Gasteiger partial charge >= 0.3 is 0 Å². The Morgan fingerprint density at radius 3 is 2.83 bits per heavy atom. The summed E-state index contributed by atoms with van der Waals surface area (Å²) in [5, 5.41) is 0. The molecule has 3 heteroatoms. The summed E-state index contributed by atoms with van der Waals surface area (Å²) in [5.41, 5.74) is 0. The van der Waals surface area contributed by atoms with Crippen molar-refractivity contribution in [1.82, 2.24) is 0 Å². The molecule has 1 radical (unpaired) electrons. The Morgan fingerprint density at radius 2 is 2.08 bits per heavy atom. The van der Waals surface area contributed by atoms with Gasteiger partial charge in [-0.2, -0.15) is 0 Å². The predicted octanol–water partition coefficient (Wildman–Crippen LogP) is 1.59. The molecule has 12 heavy (non-hydrogen) atoms. The smallest absolute Gasteiger partial charge is 0.234 e. The third kappa shape index (κ3) is 1.23. The maximum atomic E-state index is 5.37. The molecule has 1 aliphatic heterocycles. The summed E-state index contributed by atoms with van der Waals surface area (Å²) in [6.07, 6.45) is -0.389. The zero-order chi connectivity index (χ0) is 8.39. The van der Waals surface area contributed by atoms with Crippen LogP contribution in [0.2, 0.25) is 0 Å². The number of fused-ring (bicyclic) bond motifs is 1. The van der Waals surface area contributed by atoms with E-state index in [1.165, 1.54) is 0 Å². The maximum Gasteiger partial charge on any atom is 0.234 e. The molecule has 1 heterocycles. The lowest BCUT2D eigenvalue weighted by Gasteiger charge is -2.24. The van der Waals surface area contributed by atoms with Crippen LogP contribution in [0.25, 0.3) is 0 Å². The highest BCUT2D eigenvalue weighted by Gasteiger charge is 2.19. The van der Waals surface area contributed by atoms with Crippen molar-refractivity contribution >= 4 is 0 Å². The fraction of sp³-hybridized carbons (Fsp3) is 0.222. The van der Waals surface area contributed by atoms with Crippen molar-refractivity contribution in [2.75, 3.05) is 6.61 Å². The fourth-order valence-electron chi connectivity index (χ4n) is 1.08. The molecule has 0 saturated heterocycles. The Bertz CT molecular complexity index is 272.